The van der Waals surface area contributed by atoms with Crippen molar-refractivity contribution in [2.45, 2.75) is 83.0 Å². The molecule has 0 spiro atoms. The largest absolute Gasteiger partial charge is 0.456 e. The summed E-state index contributed by atoms with van der Waals surface area (Å²) < 4.78 is 36.3. The van der Waals surface area contributed by atoms with Gasteiger partial charge in [0.05, 0.1) is 32.5 Å². The van der Waals surface area contributed by atoms with Crippen molar-refractivity contribution in [1.29, 1.82) is 0 Å². The van der Waals surface area contributed by atoms with Crippen LogP contribution in [-0.2, 0) is 44.7 Å². The number of aliphatic hydroxyl groups is 3. The summed E-state index contributed by atoms with van der Waals surface area (Å²) in [7, 11) is 1.55. The highest BCUT2D eigenvalue weighted by Gasteiger charge is 2.50. The van der Waals surface area contributed by atoms with Crippen molar-refractivity contribution in [3.05, 3.63) is 35.0 Å². The van der Waals surface area contributed by atoms with E-state index < -0.39 is 79.1 Å². The molecule has 5 rings (SSSR count). The molecule has 0 radical (unpaired) electrons. The third kappa shape index (κ3) is 8.04. The Morgan fingerprint density at radius 3 is 2.14 bits per heavy atom. The maximum atomic E-state index is 12.8. The molecule has 2 saturated heterocycles. The number of methoxy groups -OCH3 is 1. The highest BCUT2D eigenvalue weighted by Crippen LogP contribution is 2.36. The van der Waals surface area contributed by atoms with Crippen molar-refractivity contribution in [3.63, 3.8) is 0 Å². The van der Waals surface area contributed by atoms with E-state index in [0.717, 1.165) is 0 Å². The summed E-state index contributed by atoms with van der Waals surface area (Å²) in [5, 5.41) is 28.3. The van der Waals surface area contributed by atoms with Crippen LogP contribution in [0.2, 0.25) is 0 Å². The highest BCUT2D eigenvalue weighted by molar-refractivity contribution is 5.95. The third-order valence-electron chi connectivity index (χ3n) is 7.64. The van der Waals surface area contributed by atoms with E-state index in [1.54, 1.807) is 7.11 Å². The maximum absolute atomic E-state index is 12.8. The molecule has 7 N–H and O–H groups in total. The van der Waals surface area contributed by atoms with Crippen LogP contribution in [0.1, 0.15) is 50.1 Å². The summed E-state index contributed by atoms with van der Waals surface area (Å²) in [6.07, 6.45) is -3.19. The molecule has 2 aliphatic heterocycles. The van der Waals surface area contributed by atoms with Gasteiger partial charge in [-0.15, -0.1) is 0 Å². The molecule has 1 amide bonds. The second-order valence-electron chi connectivity index (χ2n) is 11.0. The molecule has 0 aromatic carbocycles. The average Bonchev–Trinajstić information content (AvgIpc) is 3.81. The number of nitrogen functional groups attached to an aromatic ring is 1. The number of fused-ring (bicyclic) bond motifs is 1. The predicted octanol–water partition coefficient (Wildman–Crippen LogP) is -2.44. The Kier molecular flexibility index (Phi) is 12.4. The fourth-order valence-corrected chi connectivity index (χ4v) is 5.31. The molecule has 0 saturated carbocycles. The SMILES string of the molecule is CC[C@H]1O[C@@H](n2cnc3c(=O)n(COCCOC)cnc32)[C@@H](OC(C)=O)C1OC(C)=O.NC(=O)c1ncn([C@@H]2O[C@H](CO)C(O)[C@@H]2O)c1N. The number of carbonyl (C=O) groups excluding carboxylic acids is 3. The van der Waals surface area contributed by atoms with Gasteiger partial charge in [0.2, 0.25) is 0 Å². The number of aliphatic hydroxyl groups excluding tert-OH is 3. The number of nitrogens with zero attached hydrogens (tertiary/aromatic N) is 6. The molecule has 270 valence electrons. The van der Waals surface area contributed by atoms with Gasteiger partial charge in [0.25, 0.3) is 11.5 Å². The quantitative estimate of drug-likeness (QED) is 0.0970. The van der Waals surface area contributed by atoms with E-state index in [0.29, 0.717) is 19.6 Å². The minimum Gasteiger partial charge on any atom is -0.456 e. The molecule has 2 aliphatic rings. The molecule has 21 heteroatoms. The summed E-state index contributed by atoms with van der Waals surface area (Å²) in [6.45, 7) is 4.67. The molecular weight excluding hydrogens is 656 g/mol. The molecule has 3 aromatic rings. The van der Waals surface area contributed by atoms with Crippen molar-refractivity contribution in [1.82, 2.24) is 28.7 Å². The lowest BCUT2D eigenvalue weighted by atomic mass is 10.1. The first-order valence-corrected chi connectivity index (χ1v) is 15.1. The van der Waals surface area contributed by atoms with Crippen molar-refractivity contribution >= 4 is 34.8 Å². The fraction of sp³-hybridized carbons (Fsp3) is 0.607. The molecule has 0 aliphatic carbocycles. The van der Waals surface area contributed by atoms with Gasteiger partial charge in [-0.2, -0.15) is 0 Å². The molecule has 3 aromatic heterocycles. The van der Waals surface area contributed by atoms with E-state index in [1.165, 1.54) is 46.5 Å². The van der Waals surface area contributed by atoms with Gasteiger partial charge in [0, 0.05) is 21.0 Å². The van der Waals surface area contributed by atoms with E-state index in [1.807, 2.05) is 6.92 Å². The van der Waals surface area contributed by atoms with E-state index >= 15 is 0 Å². The predicted molar refractivity (Wildman–Crippen MR) is 163 cm³/mol. The van der Waals surface area contributed by atoms with E-state index in [-0.39, 0.29) is 29.4 Å². The monoisotopic (exact) mass is 696 g/mol. The minimum absolute atomic E-state index is 0.000426. The van der Waals surface area contributed by atoms with E-state index in [2.05, 4.69) is 15.0 Å². The maximum Gasteiger partial charge on any atom is 0.303 e. The van der Waals surface area contributed by atoms with Crippen LogP contribution in [0.5, 0.6) is 0 Å². The number of imidazole rings is 2. The average molecular weight is 697 g/mol. The van der Waals surface area contributed by atoms with Crippen LogP contribution in [-0.4, -0.2) is 125 Å². The lowest BCUT2D eigenvalue weighted by Crippen LogP contribution is -2.38. The number of carbonyl (C=O) groups is 3. The zero-order valence-corrected chi connectivity index (χ0v) is 27.1. The van der Waals surface area contributed by atoms with Crippen molar-refractivity contribution in [2.75, 3.05) is 32.7 Å². The summed E-state index contributed by atoms with van der Waals surface area (Å²) in [6, 6.07) is 0. The van der Waals surface area contributed by atoms with E-state index in [9.17, 15) is 29.4 Å². The lowest BCUT2D eigenvalue weighted by Gasteiger charge is -2.23. The fourth-order valence-electron chi connectivity index (χ4n) is 5.31. The Morgan fingerprint density at radius 1 is 0.918 bits per heavy atom. The van der Waals surface area contributed by atoms with Crippen LogP contribution in [0.3, 0.4) is 0 Å². The Bertz CT molecular complexity index is 1680. The number of primary amides is 1. The van der Waals surface area contributed by atoms with Crippen LogP contribution in [0.15, 0.2) is 23.8 Å². The first-order valence-electron chi connectivity index (χ1n) is 15.1. The lowest BCUT2D eigenvalue weighted by molar-refractivity contribution is -0.165. The number of rotatable bonds is 12. The van der Waals surface area contributed by atoms with Crippen molar-refractivity contribution < 1.29 is 58.1 Å². The van der Waals surface area contributed by atoms with Gasteiger partial charge in [0.1, 0.15) is 43.3 Å². The van der Waals surface area contributed by atoms with Gasteiger partial charge in [0.15, 0.2) is 41.5 Å². The number of anilines is 1. The second kappa shape index (κ2) is 16.3. The Balaban J connectivity index is 0.000000254. The standard InChI is InChI=1S/C19H26N4O8.C9H14N4O5/c1-5-13-15(29-11(2)24)16(30-12(3)25)19(31-13)23-9-20-14-17(23)21-8-22(18(14)26)10-28-7-6-27-4;10-7-4(8(11)17)12-2-13(7)9-6(16)5(15)3(1-14)18-9/h8-9,13,15-16,19H,5-7,10H2,1-4H3;2-3,5-6,9,14-16H,1,10H2,(H2,11,17)/t13-,15?,16+,19-;3-,5?,6+,9-/m11/s1. The number of ether oxygens (including phenoxy) is 6. The first kappa shape index (κ1) is 37.3. The third-order valence-corrected chi connectivity index (χ3v) is 7.64. The smallest absolute Gasteiger partial charge is 0.303 e. The van der Waals surface area contributed by atoms with Gasteiger partial charge in [-0.25, -0.2) is 15.0 Å². The number of esters is 2. The summed E-state index contributed by atoms with van der Waals surface area (Å²) in [5.41, 5.74) is 10.5. The molecule has 0 bridgehead atoms. The minimum atomic E-state index is -1.29. The van der Waals surface area contributed by atoms with Crippen LogP contribution in [0, 0.1) is 0 Å². The van der Waals surface area contributed by atoms with Gasteiger partial charge < -0.3 is 55.2 Å². The van der Waals surface area contributed by atoms with Crippen LogP contribution in [0.25, 0.3) is 11.2 Å². The number of hydrogen-bond donors (Lipinski definition) is 5. The normalized spacial score (nSPS) is 26.3. The molecule has 5 heterocycles. The van der Waals surface area contributed by atoms with Crippen LogP contribution in [0.4, 0.5) is 5.82 Å². The molecule has 2 unspecified atom stereocenters. The van der Waals surface area contributed by atoms with Crippen LogP contribution >= 0.6 is 0 Å². The Hall–Kier alpha value is -4.51. The molecule has 2 fully saturated rings. The number of hydrogen-bond acceptors (Lipinski definition) is 17. The second-order valence-corrected chi connectivity index (χ2v) is 11.0. The van der Waals surface area contributed by atoms with Gasteiger partial charge in [-0.1, -0.05) is 6.92 Å². The number of aromatic nitrogens is 6. The zero-order valence-electron chi connectivity index (χ0n) is 27.1. The van der Waals surface area contributed by atoms with E-state index in [4.69, 9.17) is 45.0 Å². The summed E-state index contributed by atoms with van der Waals surface area (Å²) in [4.78, 5) is 59.2. The summed E-state index contributed by atoms with van der Waals surface area (Å²) >= 11 is 0. The van der Waals surface area contributed by atoms with Crippen LogP contribution < -0.4 is 17.0 Å². The molecule has 21 nitrogen and oxygen atoms in total. The summed E-state index contributed by atoms with van der Waals surface area (Å²) in [5.74, 6) is -1.95. The Labute approximate surface area is 278 Å². The highest BCUT2D eigenvalue weighted by atomic mass is 16.6. The first-order chi connectivity index (χ1) is 23.3. The topological polar surface area (TPSA) is 290 Å². The molecular formula is C28H40N8O13. The van der Waals surface area contributed by atoms with Gasteiger partial charge in [-0.05, 0) is 6.42 Å². The van der Waals surface area contributed by atoms with Crippen molar-refractivity contribution in [2.24, 2.45) is 5.73 Å². The zero-order chi connectivity index (χ0) is 36.0. The number of amides is 1. The van der Waals surface area contributed by atoms with Gasteiger partial charge in [-0.3, -0.25) is 32.9 Å². The number of nitrogens with two attached hydrogens (primary N) is 2. The van der Waals surface area contributed by atoms with Gasteiger partial charge >= 0.3 is 11.9 Å². The molecule has 8 atom stereocenters. The van der Waals surface area contributed by atoms with Crippen molar-refractivity contribution in [3.8, 4) is 0 Å². The Morgan fingerprint density at radius 2 is 1.57 bits per heavy atom. The molecule has 49 heavy (non-hydrogen) atoms.